The van der Waals surface area contributed by atoms with Gasteiger partial charge in [0, 0.05) is 6.04 Å². The molecule has 0 aromatic carbocycles. The molecule has 2 fully saturated rings. The van der Waals surface area contributed by atoms with Gasteiger partial charge in [0.25, 0.3) is 0 Å². The van der Waals surface area contributed by atoms with Crippen LogP contribution in [0.1, 0.15) is 45.4 Å². The van der Waals surface area contributed by atoms with Gasteiger partial charge in [-0.15, -0.1) is 0 Å². The number of nitrogens with two attached hydrogens (primary N) is 1. The van der Waals surface area contributed by atoms with Crippen molar-refractivity contribution in [3.63, 3.8) is 0 Å². The molecule has 2 aliphatic rings. The highest BCUT2D eigenvalue weighted by molar-refractivity contribution is 5.00. The summed E-state index contributed by atoms with van der Waals surface area (Å²) in [7, 11) is 0. The second-order valence-corrected chi connectivity index (χ2v) is 4.69. The van der Waals surface area contributed by atoms with Gasteiger partial charge in [0.05, 0.1) is 0 Å². The molecule has 2 rings (SSSR count). The molecule has 0 radical (unpaired) electrons. The van der Waals surface area contributed by atoms with Gasteiger partial charge in [0.2, 0.25) is 0 Å². The highest BCUT2D eigenvalue weighted by atomic mass is 14.7. The Bertz CT molecular complexity index is 145. The Labute approximate surface area is 69.4 Å². The van der Waals surface area contributed by atoms with E-state index in [9.17, 15) is 0 Å². The first-order chi connectivity index (χ1) is 5.23. The Balaban J connectivity index is 1.96. The van der Waals surface area contributed by atoms with Crippen LogP contribution in [-0.4, -0.2) is 6.04 Å². The topological polar surface area (TPSA) is 26.0 Å². The van der Waals surface area contributed by atoms with Crippen molar-refractivity contribution < 1.29 is 0 Å². The number of hydrogen-bond acceptors (Lipinski definition) is 1. The summed E-state index contributed by atoms with van der Waals surface area (Å²) >= 11 is 0. The van der Waals surface area contributed by atoms with Crippen molar-refractivity contribution in [3.05, 3.63) is 0 Å². The molecule has 0 aliphatic heterocycles. The summed E-state index contributed by atoms with van der Waals surface area (Å²) in [5.74, 6) is 0.966. The van der Waals surface area contributed by atoms with Crippen molar-refractivity contribution in [2.75, 3.05) is 0 Å². The highest BCUT2D eigenvalue weighted by Crippen LogP contribution is 2.51. The zero-order valence-electron chi connectivity index (χ0n) is 7.47. The molecular formula is C10H19N. The van der Waals surface area contributed by atoms with E-state index in [1.165, 1.54) is 38.5 Å². The quantitative estimate of drug-likeness (QED) is 0.568. The largest absolute Gasteiger partial charge is 0.327 e. The van der Waals surface area contributed by atoms with Crippen LogP contribution >= 0.6 is 0 Å². The summed E-state index contributed by atoms with van der Waals surface area (Å²) in [5, 5.41) is 0. The number of rotatable bonds is 0. The molecule has 1 unspecified atom stereocenters. The molecule has 0 aromatic heterocycles. The van der Waals surface area contributed by atoms with E-state index in [0.717, 1.165) is 5.92 Å². The Morgan fingerprint density at radius 3 is 2.00 bits per heavy atom. The minimum atomic E-state index is 0.551. The lowest BCUT2D eigenvalue weighted by Gasteiger charge is -2.51. The monoisotopic (exact) mass is 153 g/mol. The molecule has 0 saturated heterocycles. The van der Waals surface area contributed by atoms with E-state index in [1.807, 2.05) is 0 Å². The molecule has 0 amide bonds. The van der Waals surface area contributed by atoms with Gasteiger partial charge in [-0.1, -0.05) is 19.8 Å². The van der Waals surface area contributed by atoms with Crippen LogP contribution in [0.2, 0.25) is 0 Å². The fraction of sp³-hybridized carbons (Fsp3) is 1.00. The Hall–Kier alpha value is -0.0400. The van der Waals surface area contributed by atoms with Crippen LogP contribution in [0, 0.1) is 11.3 Å². The van der Waals surface area contributed by atoms with E-state index < -0.39 is 0 Å². The van der Waals surface area contributed by atoms with Gasteiger partial charge in [-0.05, 0) is 37.0 Å². The second kappa shape index (κ2) is 2.48. The molecule has 1 atom stereocenters. The van der Waals surface area contributed by atoms with Gasteiger partial charge in [0.15, 0.2) is 0 Å². The lowest BCUT2D eigenvalue weighted by atomic mass is 9.56. The average Bonchev–Trinajstić information content (AvgIpc) is 2.03. The third-order valence-corrected chi connectivity index (χ3v) is 4.01. The first-order valence-corrected chi connectivity index (χ1v) is 4.98. The Kier molecular flexibility index (Phi) is 1.71. The molecule has 11 heavy (non-hydrogen) atoms. The molecule has 0 bridgehead atoms. The molecule has 0 aromatic rings. The smallest absolute Gasteiger partial charge is 0.00957 e. The lowest BCUT2D eigenvalue weighted by molar-refractivity contribution is 0.0306. The van der Waals surface area contributed by atoms with Gasteiger partial charge in [0.1, 0.15) is 0 Å². The van der Waals surface area contributed by atoms with Gasteiger partial charge in [-0.25, -0.2) is 0 Å². The van der Waals surface area contributed by atoms with Crippen molar-refractivity contribution in [1.82, 2.24) is 0 Å². The van der Waals surface area contributed by atoms with Gasteiger partial charge in [-0.2, -0.15) is 0 Å². The van der Waals surface area contributed by atoms with Gasteiger partial charge < -0.3 is 5.73 Å². The fourth-order valence-corrected chi connectivity index (χ4v) is 2.68. The Morgan fingerprint density at radius 1 is 1.09 bits per heavy atom. The summed E-state index contributed by atoms with van der Waals surface area (Å²) < 4.78 is 0. The molecule has 2 aliphatic carbocycles. The van der Waals surface area contributed by atoms with E-state index in [0.29, 0.717) is 11.5 Å². The van der Waals surface area contributed by atoms with Gasteiger partial charge >= 0.3 is 0 Å². The molecule has 2 N–H and O–H groups in total. The Morgan fingerprint density at radius 2 is 1.64 bits per heavy atom. The van der Waals surface area contributed by atoms with Crippen LogP contribution < -0.4 is 5.73 Å². The second-order valence-electron chi connectivity index (χ2n) is 4.69. The SMILES string of the molecule is CC1CCC2(CC1)CCC2N. The zero-order valence-corrected chi connectivity index (χ0v) is 7.47. The molecule has 1 spiro atoms. The predicted molar refractivity (Wildman–Crippen MR) is 47.3 cm³/mol. The van der Waals surface area contributed by atoms with E-state index >= 15 is 0 Å². The third-order valence-electron chi connectivity index (χ3n) is 4.01. The highest BCUT2D eigenvalue weighted by Gasteiger charge is 2.45. The minimum absolute atomic E-state index is 0.551. The van der Waals surface area contributed by atoms with E-state index in [-0.39, 0.29) is 0 Å². The lowest BCUT2D eigenvalue weighted by Crippen LogP contribution is -2.52. The van der Waals surface area contributed by atoms with Crippen LogP contribution in [0.4, 0.5) is 0 Å². The van der Waals surface area contributed by atoms with E-state index in [2.05, 4.69) is 6.92 Å². The molecule has 1 heteroatoms. The minimum Gasteiger partial charge on any atom is -0.327 e. The van der Waals surface area contributed by atoms with Crippen LogP contribution in [0.15, 0.2) is 0 Å². The maximum absolute atomic E-state index is 6.03. The summed E-state index contributed by atoms with van der Waals surface area (Å²) in [6, 6.07) is 0.551. The molecule has 2 saturated carbocycles. The molecule has 64 valence electrons. The van der Waals surface area contributed by atoms with Crippen LogP contribution in [-0.2, 0) is 0 Å². The average molecular weight is 153 g/mol. The van der Waals surface area contributed by atoms with Crippen molar-refractivity contribution in [2.24, 2.45) is 17.1 Å². The van der Waals surface area contributed by atoms with Crippen LogP contribution in [0.25, 0.3) is 0 Å². The fourth-order valence-electron chi connectivity index (χ4n) is 2.68. The summed E-state index contributed by atoms with van der Waals surface area (Å²) in [4.78, 5) is 0. The van der Waals surface area contributed by atoms with Crippen LogP contribution in [0.3, 0.4) is 0 Å². The maximum atomic E-state index is 6.03. The summed E-state index contributed by atoms with van der Waals surface area (Å²) in [6.07, 6.45) is 8.38. The zero-order chi connectivity index (χ0) is 7.90. The first kappa shape index (κ1) is 7.60. The molecule has 1 nitrogen and oxygen atoms in total. The normalized spacial score (nSPS) is 50.7. The first-order valence-electron chi connectivity index (χ1n) is 4.98. The van der Waals surface area contributed by atoms with E-state index in [4.69, 9.17) is 5.73 Å². The van der Waals surface area contributed by atoms with Gasteiger partial charge in [-0.3, -0.25) is 0 Å². The predicted octanol–water partition coefficient (Wildman–Crippen LogP) is 2.30. The summed E-state index contributed by atoms with van der Waals surface area (Å²) in [6.45, 7) is 2.37. The third kappa shape index (κ3) is 1.10. The maximum Gasteiger partial charge on any atom is 0.00957 e. The van der Waals surface area contributed by atoms with Crippen LogP contribution in [0.5, 0.6) is 0 Å². The van der Waals surface area contributed by atoms with Crippen molar-refractivity contribution >= 4 is 0 Å². The summed E-state index contributed by atoms with van der Waals surface area (Å²) in [5.41, 5.74) is 6.65. The number of hydrogen-bond donors (Lipinski definition) is 1. The molecule has 0 heterocycles. The van der Waals surface area contributed by atoms with Crippen molar-refractivity contribution in [2.45, 2.75) is 51.5 Å². The standard InChI is InChI=1S/C10H19N/c1-8-2-5-10(6-3-8)7-4-9(10)11/h8-9H,2-7,11H2,1H3. The van der Waals surface area contributed by atoms with Crippen molar-refractivity contribution in [1.29, 1.82) is 0 Å². The van der Waals surface area contributed by atoms with E-state index in [1.54, 1.807) is 0 Å². The molecular weight excluding hydrogens is 134 g/mol. The van der Waals surface area contributed by atoms with Crippen molar-refractivity contribution in [3.8, 4) is 0 Å².